The molecule has 0 amide bonds. The molecule has 0 saturated heterocycles. The minimum absolute atomic E-state index is 0.492. The molecule has 2 atom stereocenters. The molecule has 0 heterocycles. The van der Waals surface area contributed by atoms with Gasteiger partial charge in [0.15, 0.2) is 0 Å². The molecule has 1 aliphatic carbocycles. The van der Waals surface area contributed by atoms with Crippen molar-refractivity contribution in [1.29, 1.82) is 0 Å². The number of rotatable bonds is 3. The summed E-state index contributed by atoms with van der Waals surface area (Å²) >= 11 is 0. The number of carbonyl (C=O) groups excluding carboxylic acids is 1. The van der Waals surface area contributed by atoms with E-state index in [0.29, 0.717) is 18.3 Å². The van der Waals surface area contributed by atoms with Crippen LogP contribution >= 0.6 is 0 Å². The van der Waals surface area contributed by atoms with Crippen LogP contribution in [0.1, 0.15) is 26.2 Å². The van der Waals surface area contributed by atoms with Crippen LogP contribution in [0.15, 0.2) is 24.3 Å². The van der Waals surface area contributed by atoms with Gasteiger partial charge in [-0.25, -0.2) is 0 Å². The smallest absolute Gasteiger partial charge is 0.120 e. The van der Waals surface area contributed by atoms with E-state index in [1.165, 1.54) is 5.57 Å². The molecule has 0 spiro atoms. The lowest BCUT2D eigenvalue weighted by Gasteiger charge is -2.22. The Morgan fingerprint density at radius 2 is 2.58 bits per heavy atom. The lowest BCUT2D eigenvalue weighted by Crippen LogP contribution is -2.12. The highest BCUT2D eigenvalue weighted by Crippen LogP contribution is 2.27. The Kier molecular flexibility index (Phi) is 3.27. The Morgan fingerprint density at radius 1 is 1.83 bits per heavy atom. The zero-order valence-corrected chi connectivity index (χ0v) is 7.62. The van der Waals surface area contributed by atoms with Gasteiger partial charge in [0.1, 0.15) is 6.29 Å². The third-order valence-electron chi connectivity index (χ3n) is 2.58. The number of hydrogen-bond donors (Lipinski definition) is 0. The molecule has 0 bridgehead atoms. The van der Waals surface area contributed by atoms with Crippen molar-refractivity contribution in [1.82, 2.24) is 0 Å². The molecule has 1 aliphatic rings. The van der Waals surface area contributed by atoms with E-state index in [2.05, 4.69) is 25.7 Å². The van der Waals surface area contributed by atoms with Gasteiger partial charge in [0, 0.05) is 6.42 Å². The van der Waals surface area contributed by atoms with Crippen LogP contribution in [0, 0.1) is 11.8 Å². The molecular weight excluding hydrogens is 148 g/mol. The largest absolute Gasteiger partial charge is 0.303 e. The number of aldehydes is 1. The molecule has 0 fully saturated rings. The molecule has 0 aromatic rings. The second-order valence-corrected chi connectivity index (χ2v) is 3.60. The Morgan fingerprint density at radius 3 is 3.08 bits per heavy atom. The van der Waals surface area contributed by atoms with Gasteiger partial charge in [-0.05, 0) is 24.7 Å². The van der Waals surface area contributed by atoms with Crippen molar-refractivity contribution in [3.8, 4) is 0 Å². The van der Waals surface area contributed by atoms with Crippen LogP contribution in [-0.2, 0) is 4.79 Å². The maximum absolute atomic E-state index is 10.3. The monoisotopic (exact) mass is 164 g/mol. The average molecular weight is 164 g/mol. The van der Waals surface area contributed by atoms with Crippen molar-refractivity contribution in [3.05, 3.63) is 24.3 Å². The van der Waals surface area contributed by atoms with E-state index in [-0.39, 0.29) is 0 Å². The molecule has 0 aromatic heterocycles. The first-order chi connectivity index (χ1) is 5.74. The normalized spacial score (nSPS) is 25.4. The van der Waals surface area contributed by atoms with Crippen molar-refractivity contribution in [3.63, 3.8) is 0 Å². The summed E-state index contributed by atoms with van der Waals surface area (Å²) in [6.07, 6.45) is 8.23. The summed E-state index contributed by atoms with van der Waals surface area (Å²) in [5, 5.41) is 0. The zero-order chi connectivity index (χ0) is 8.97. The molecule has 1 rings (SSSR count). The predicted molar refractivity (Wildman–Crippen MR) is 50.8 cm³/mol. The molecule has 1 heteroatoms. The highest BCUT2D eigenvalue weighted by atomic mass is 16.1. The fourth-order valence-electron chi connectivity index (χ4n) is 1.59. The maximum Gasteiger partial charge on any atom is 0.120 e. The molecule has 12 heavy (non-hydrogen) atoms. The van der Waals surface area contributed by atoms with Gasteiger partial charge >= 0.3 is 0 Å². The maximum atomic E-state index is 10.3. The van der Waals surface area contributed by atoms with E-state index >= 15 is 0 Å². The first kappa shape index (κ1) is 9.24. The molecule has 0 N–H and O–H groups in total. The van der Waals surface area contributed by atoms with E-state index in [1.54, 1.807) is 0 Å². The summed E-state index contributed by atoms with van der Waals surface area (Å²) in [5.41, 5.74) is 1.21. The molecular formula is C11H16O. The minimum Gasteiger partial charge on any atom is -0.303 e. The number of allylic oxidation sites excluding steroid dienone is 3. The SMILES string of the molecule is C=C1C=C[C@H]([C@H](C)CC=O)CC1. The molecule has 0 aliphatic heterocycles. The topological polar surface area (TPSA) is 17.1 Å². The minimum atomic E-state index is 0.492. The molecule has 0 unspecified atom stereocenters. The number of hydrogen-bond acceptors (Lipinski definition) is 1. The second-order valence-electron chi connectivity index (χ2n) is 3.60. The standard InChI is InChI=1S/C11H16O/c1-9-3-5-11(6-4-9)10(2)7-8-12/h3,5,8,10-11H,1,4,6-7H2,2H3/t10-,11+/m1/s1. The Balaban J connectivity index is 2.48. The molecule has 0 saturated carbocycles. The van der Waals surface area contributed by atoms with Crippen molar-refractivity contribution in [2.45, 2.75) is 26.2 Å². The second kappa shape index (κ2) is 4.24. The summed E-state index contributed by atoms with van der Waals surface area (Å²) in [5.74, 6) is 1.08. The fourth-order valence-corrected chi connectivity index (χ4v) is 1.59. The third kappa shape index (κ3) is 2.33. The lowest BCUT2D eigenvalue weighted by molar-refractivity contribution is -0.108. The van der Waals surface area contributed by atoms with Gasteiger partial charge in [0.2, 0.25) is 0 Å². The van der Waals surface area contributed by atoms with Crippen LogP contribution in [0.4, 0.5) is 0 Å². The zero-order valence-electron chi connectivity index (χ0n) is 7.62. The highest BCUT2D eigenvalue weighted by Gasteiger charge is 2.16. The third-order valence-corrected chi connectivity index (χ3v) is 2.58. The summed E-state index contributed by atoms with van der Waals surface area (Å²) in [6, 6.07) is 0. The summed E-state index contributed by atoms with van der Waals surface area (Å²) in [4.78, 5) is 10.3. The van der Waals surface area contributed by atoms with Gasteiger partial charge in [-0.15, -0.1) is 0 Å². The Labute approximate surface area is 74.2 Å². The lowest BCUT2D eigenvalue weighted by atomic mass is 9.83. The van der Waals surface area contributed by atoms with Crippen LogP contribution in [0.3, 0.4) is 0 Å². The quantitative estimate of drug-likeness (QED) is 0.586. The van der Waals surface area contributed by atoms with Crippen molar-refractivity contribution in [2.24, 2.45) is 11.8 Å². The van der Waals surface area contributed by atoms with Crippen LogP contribution < -0.4 is 0 Å². The molecule has 1 nitrogen and oxygen atoms in total. The van der Waals surface area contributed by atoms with Gasteiger partial charge in [0.25, 0.3) is 0 Å². The predicted octanol–water partition coefficient (Wildman–Crippen LogP) is 2.73. The van der Waals surface area contributed by atoms with Gasteiger partial charge < -0.3 is 4.79 Å². The Bertz CT molecular complexity index is 203. The summed E-state index contributed by atoms with van der Waals surface area (Å²) in [6.45, 7) is 6.03. The van der Waals surface area contributed by atoms with E-state index in [1.807, 2.05) is 0 Å². The van der Waals surface area contributed by atoms with E-state index in [4.69, 9.17) is 0 Å². The fraction of sp³-hybridized carbons (Fsp3) is 0.545. The van der Waals surface area contributed by atoms with E-state index < -0.39 is 0 Å². The highest BCUT2D eigenvalue weighted by molar-refractivity contribution is 5.49. The van der Waals surface area contributed by atoms with Gasteiger partial charge in [-0.2, -0.15) is 0 Å². The van der Waals surface area contributed by atoms with Crippen molar-refractivity contribution < 1.29 is 4.79 Å². The summed E-state index contributed by atoms with van der Waals surface area (Å²) in [7, 11) is 0. The first-order valence-corrected chi connectivity index (χ1v) is 4.53. The number of carbonyl (C=O) groups is 1. The van der Waals surface area contributed by atoms with E-state index in [0.717, 1.165) is 19.1 Å². The first-order valence-electron chi connectivity index (χ1n) is 4.53. The van der Waals surface area contributed by atoms with Crippen molar-refractivity contribution >= 4 is 6.29 Å². The Hall–Kier alpha value is -0.850. The molecule has 66 valence electrons. The van der Waals surface area contributed by atoms with Gasteiger partial charge in [0.05, 0.1) is 0 Å². The van der Waals surface area contributed by atoms with Crippen LogP contribution in [-0.4, -0.2) is 6.29 Å². The van der Waals surface area contributed by atoms with Gasteiger partial charge in [-0.3, -0.25) is 0 Å². The van der Waals surface area contributed by atoms with E-state index in [9.17, 15) is 4.79 Å². The molecule has 0 radical (unpaired) electrons. The van der Waals surface area contributed by atoms with Crippen LogP contribution in [0.5, 0.6) is 0 Å². The van der Waals surface area contributed by atoms with Crippen LogP contribution in [0.25, 0.3) is 0 Å². The molecule has 0 aromatic carbocycles. The average Bonchev–Trinajstić information content (AvgIpc) is 2.06. The van der Waals surface area contributed by atoms with Crippen LogP contribution in [0.2, 0.25) is 0 Å². The van der Waals surface area contributed by atoms with Gasteiger partial charge in [-0.1, -0.05) is 31.2 Å². The van der Waals surface area contributed by atoms with Crippen molar-refractivity contribution in [2.75, 3.05) is 0 Å². The summed E-state index contributed by atoms with van der Waals surface area (Å²) < 4.78 is 0.